The van der Waals surface area contributed by atoms with Crippen molar-refractivity contribution in [3.05, 3.63) is 18.0 Å². The van der Waals surface area contributed by atoms with E-state index in [9.17, 15) is 13.2 Å². The molecule has 0 aliphatic carbocycles. The molecule has 3 nitrogen and oxygen atoms in total. The third kappa shape index (κ3) is 3.02. The van der Waals surface area contributed by atoms with Crippen LogP contribution in [-0.2, 0) is 13.5 Å². The van der Waals surface area contributed by atoms with Crippen molar-refractivity contribution in [2.45, 2.75) is 25.1 Å². The van der Waals surface area contributed by atoms with Gasteiger partial charge in [0.1, 0.15) is 6.10 Å². The number of aliphatic hydroxyl groups excluding tert-OH is 1. The van der Waals surface area contributed by atoms with Gasteiger partial charge >= 0.3 is 6.18 Å². The number of aromatic nitrogens is 2. The van der Waals surface area contributed by atoms with Crippen molar-refractivity contribution in [1.82, 2.24) is 9.78 Å². The smallest absolute Gasteiger partial charge is 0.384 e. The van der Waals surface area contributed by atoms with Gasteiger partial charge in [0.25, 0.3) is 0 Å². The molecule has 0 saturated heterocycles. The molecule has 0 aliphatic rings. The number of aryl methyl sites for hydroxylation is 2. The molecule has 0 radical (unpaired) electrons. The molecule has 0 aliphatic heterocycles. The molecule has 0 fully saturated rings. The molecule has 6 heteroatoms. The average Bonchev–Trinajstić information content (AvgIpc) is 2.45. The molecule has 1 atom stereocenters. The van der Waals surface area contributed by atoms with Crippen LogP contribution < -0.4 is 0 Å². The van der Waals surface area contributed by atoms with Gasteiger partial charge in [0.05, 0.1) is 6.20 Å². The van der Waals surface area contributed by atoms with E-state index in [2.05, 4.69) is 5.10 Å². The summed E-state index contributed by atoms with van der Waals surface area (Å²) in [6.45, 7) is 0. The zero-order valence-electron chi connectivity index (χ0n) is 7.62. The van der Waals surface area contributed by atoms with E-state index in [1.165, 1.54) is 10.9 Å². The van der Waals surface area contributed by atoms with E-state index < -0.39 is 12.3 Å². The lowest BCUT2D eigenvalue weighted by atomic mass is 10.1. The molecule has 1 rings (SSSR count). The Balaban J connectivity index is 2.41. The molecule has 1 aromatic rings. The van der Waals surface area contributed by atoms with Gasteiger partial charge in [-0.05, 0) is 18.4 Å². The second-order valence-corrected chi connectivity index (χ2v) is 3.12. The summed E-state index contributed by atoms with van der Waals surface area (Å²) in [5, 5.41) is 12.5. The van der Waals surface area contributed by atoms with Gasteiger partial charge < -0.3 is 5.11 Å². The topological polar surface area (TPSA) is 38.0 Å². The second-order valence-electron chi connectivity index (χ2n) is 3.12. The quantitative estimate of drug-likeness (QED) is 0.812. The minimum atomic E-state index is -4.53. The summed E-state index contributed by atoms with van der Waals surface area (Å²) in [6.07, 6.45) is -3.80. The van der Waals surface area contributed by atoms with Crippen molar-refractivity contribution in [2.75, 3.05) is 0 Å². The maximum absolute atomic E-state index is 11.9. The lowest BCUT2D eigenvalue weighted by Gasteiger charge is -2.13. The van der Waals surface area contributed by atoms with E-state index >= 15 is 0 Å². The Labute approximate surface area is 79.2 Å². The molecule has 0 spiro atoms. The minimum Gasteiger partial charge on any atom is -0.384 e. The van der Waals surface area contributed by atoms with Gasteiger partial charge in [-0.2, -0.15) is 18.3 Å². The number of hydrogen-bond acceptors (Lipinski definition) is 2. The zero-order valence-corrected chi connectivity index (χ0v) is 7.62. The highest BCUT2D eigenvalue weighted by molar-refractivity contribution is 5.03. The molecular weight excluding hydrogens is 197 g/mol. The summed E-state index contributed by atoms with van der Waals surface area (Å²) in [7, 11) is 1.68. The minimum absolute atomic E-state index is 0.175. The number of halogens is 3. The largest absolute Gasteiger partial charge is 0.414 e. The van der Waals surface area contributed by atoms with Gasteiger partial charge in [-0.25, -0.2) is 0 Å². The van der Waals surface area contributed by atoms with Crippen LogP contribution in [0.25, 0.3) is 0 Å². The molecule has 1 N–H and O–H groups in total. The van der Waals surface area contributed by atoms with Crippen LogP contribution >= 0.6 is 0 Å². The van der Waals surface area contributed by atoms with Crippen LogP contribution in [-0.4, -0.2) is 27.2 Å². The standard InChI is InChI=1S/C8H11F3N2O/c1-13-5-6(4-12-13)2-3-7(14)8(9,10)11/h4-5,7,14H,2-3H2,1H3/t7-/m0/s1. The summed E-state index contributed by atoms with van der Waals surface area (Å²) < 4.78 is 37.2. The van der Waals surface area contributed by atoms with Gasteiger partial charge in [0, 0.05) is 13.2 Å². The highest BCUT2D eigenvalue weighted by Gasteiger charge is 2.37. The normalized spacial score (nSPS) is 14.4. The Morgan fingerprint density at radius 2 is 2.21 bits per heavy atom. The third-order valence-electron chi connectivity index (χ3n) is 1.84. The number of rotatable bonds is 3. The zero-order chi connectivity index (χ0) is 10.8. The SMILES string of the molecule is Cn1cc(CC[C@H](O)C(F)(F)F)cn1. The van der Waals surface area contributed by atoms with Gasteiger partial charge in [0.2, 0.25) is 0 Å². The fourth-order valence-corrected chi connectivity index (χ4v) is 1.07. The molecule has 0 bridgehead atoms. The fraction of sp³-hybridized carbons (Fsp3) is 0.625. The molecule has 0 aromatic carbocycles. The van der Waals surface area contributed by atoms with Crippen molar-refractivity contribution in [3.63, 3.8) is 0 Å². The first-order valence-corrected chi connectivity index (χ1v) is 4.12. The van der Waals surface area contributed by atoms with Gasteiger partial charge in [-0.3, -0.25) is 4.68 Å². The highest BCUT2D eigenvalue weighted by atomic mass is 19.4. The first kappa shape index (κ1) is 11.0. The third-order valence-corrected chi connectivity index (χ3v) is 1.84. The second kappa shape index (κ2) is 4.00. The Hall–Kier alpha value is -1.04. The van der Waals surface area contributed by atoms with E-state index in [0.717, 1.165) is 0 Å². The van der Waals surface area contributed by atoms with E-state index in [4.69, 9.17) is 5.11 Å². The molecular formula is C8H11F3N2O. The molecule has 80 valence electrons. The van der Waals surface area contributed by atoms with Crippen LogP contribution in [0.2, 0.25) is 0 Å². The van der Waals surface area contributed by atoms with E-state index in [1.807, 2.05) is 0 Å². The summed E-state index contributed by atoms with van der Waals surface area (Å²) in [5.41, 5.74) is 0.691. The number of alkyl halides is 3. The van der Waals surface area contributed by atoms with Crippen LogP contribution in [0, 0.1) is 0 Å². The molecule has 14 heavy (non-hydrogen) atoms. The first-order chi connectivity index (χ1) is 6.39. The molecule has 0 saturated carbocycles. The van der Waals surface area contributed by atoms with Crippen molar-refractivity contribution >= 4 is 0 Å². The van der Waals surface area contributed by atoms with Crippen LogP contribution in [0.3, 0.4) is 0 Å². The Morgan fingerprint density at radius 1 is 1.57 bits per heavy atom. The Morgan fingerprint density at radius 3 is 2.64 bits per heavy atom. The highest BCUT2D eigenvalue weighted by Crippen LogP contribution is 2.23. The van der Waals surface area contributed by atoms with Crippen LogP contribution in [0.5, 0.6) is 0 Å². The van der Waals surface area contributed by atoms with Crippen molar-refractivity contribution in [2.24, 2.45) is 7.05 Å². The lowest BCUT2D eigenvalue weighted by Crippen LogP contribution is -2.28. The molecule has 0 amide bonds. The van der Waals surface area contributed by atoms with Crippen molar-refractivity contribution < 1.29 is 18.3 Å². The van der Waals surface area contributed by atoms with Crippen molar-refractivity contribution in [1.29, 1.82) is 0 Å². The molecule has 1 aromatic heterocycles. The van der Waals surface area contributed by atoms with Crippen LogP contribution in [0.1, 0.15) is 12.0 Å². The molecule has 1 heterocycles. The number of nitrogens with zero attached hydrogens (tertiary/aromatic N) is 2. The Bertz CT molecular complexity index is 295. The Kier molecular flexibility index (Phi) is 3.15. The van der Waals surface area contributed by atoms with Crippen molar-refractivity contribution in [3.8, 4) is 0 Å². The average molecular weight is 208 g/mol. The predicted octanol–water partition coefficient (Wildman–Crippen LogP) is 1.28. The number of aliphatic hydroxyl groups is 1. The van der Waals surface area contributed by atoms with Gasteiger partial charge in [0.15, 0.2) is 0 Å². The van der Waals surface area contributed by atoms with E-state index in [1.54, 1.807) is 13.2 Å². The van der Waals surface area contributed by atoms with E-state index in [0.29, 0.717) is 5.56 Å². The monoisotopic (exact) mass is 208 g/mol. The summed E-state index contributed by atoms with van der Waals surface area (Å²) in [5.74, 6) is 0. The van der Waals surface area contributed by atoms with Gasteiger partial charge in [-0.1, -0.05) is 0 Å². The lowest BCUT2D eigenvalue weighted by molar-refractivity contribution is -0.205. The van der Waals surface area contributed by atoms with Gasteiger partial charge in [-0.15, -0.1) is 0 Å². The first-order valence-electron chi connectivity index (χ1n) is 4.12. The summed E-state index contributed by atoms with van der Waals surface area (Å²) in [4.78, 5) is 0. The fourth-order valence-electron chi connectivity index (χ4n) is 1.07. The summed E-state index contributed by atoms with van der Waals surface area (Å²) >= 11 is 0. The number of hydrogen-bond donors (Lipinski definition) is 1. The van der Waals surface area contributed by atoms with Crippen LogP contribution in [0.15, 0.2) is 12.4 Å². The van der Waals surface area contributed by atoms with E-state index in [-0.39, 0.29) is 12.8 Å². The maximum atomic E-state index is 11.9. The molecule has 0 unspecified atom stereocenters. The summed E-state index contributed by atoms with van der Waals surface area (Å²) in [6, 6.07) is 0. The maximum Gasteiger partial charge on any atom is 0.414 e. The van der Waals surface area contributed by atoms with Crippen LogP contribution in [0.4, 0.5) is 13.2 Å². The predicted molar refractivity (Wildman–Crippen MR) is 43.6 cm³/mol.